The van der Waals surface area contributed by atoms with Gasteiger partial charge in [-0.2, -0.15) is 0 Å². The quantitative estimate of drug-likeness (QED) is 0.700. The summed E-state index contributed by atoms with van der Waals surface area (Å²) in [4.78, 5) is 26.1. The van der Waals surface area contributed by atoms with Crippen molar-refractivity contribution < 1.29 is 14.3 Å². The summed E-state index contributed by atoms with van der Waals surface area (Å²) in [6.45, 7) is 4.96. The Bertz CT molecular complexity index is 942. The van der Waals surface area contributed by atoms with Crippen LogP contribution in [0.2, 0.25) is 0 Å². The molecule has 5 nitrogen and oxygen atoms in total. The Balaban J connectivity index is 1.71. The summed E-state index contributed by atoms with van der Waals surface area (Å²) < 4.78 is 5.32. The van der Waals surface area contributed by atoms with Crippen LogP contribution in [0.15, 0.2) is 66.7 Å². The fourth-order valence-electron chi connectivity index (χ4n) is 2.85. The molecule has 1 N–H and O–H groups in total. The van der Waals surface area contributed by atoms with Gasteiger partial charge in [0.1, 0.15) is 5.75 Å². The van der Waals surface area contributed by atoms with Gasteiger partial charge in [0.25, 0.3) is 5.91 Å². The van der Waals surface area contributed by atoms with Gasteiger partial charge in [-0.15, -0.1) is 0 Å². The number of nitrogens with one attached hydrogen (secondary N) is 1. The normalized spacial score (nSPS) is 10.4. The molecule has 3 aromatic rings. The summed E-state index contributed by atoms with van der Waals surface area (Å²) >= 11 is 0. The van der Waals surface area contributed by atoms with E-state index >= 15 is 0 Å². The summed E-state index contributed by atoms with van der Waals surface area (Å²) in [5, 5.41) is 4.99. The van der Waals surface area contributed by atoms with Gasteiger partial charge in [-0.25, -0.2) is 4.79 Å². The molecular weight excluding hydrogens is 340 g/mol. The van der Waals surface area contributed by atoms with Gasteiger partial charge >= 0.3 is 6.09 Å². The number of carbonyl (C=O) groups is 2. The molecule has 0 radical (unpaired) electrons. The third kappa shape index (κ3) is 4.26. The van der Waals surface area contributed by atoms with E-state index in [-0.39, 0.29) is 5.91 Å². The second-order valence-corrected chi connectivity index (χ2v) is 6.05. The predicted molar refractivity (Wildman–Crippen MR) is 107 cm³/mol. The Morgan fingerprint density at radius 2 is 1.56 bits per heavy atom. The van der Waals surface area contributed by atoms with Crippen LogP contribution in [0.25, 0.3) is 10.8 Å². The van der Waals surface area contributed by atoms with E-state index in [1.54, 1.807) is 29.2 Å². The van der Waals surface area contributed by atoms with Crippen molar-refractivity contribution >= 4 is 28.5 Å². The lowest BCUT2D eigenvalue weighted by molar-refractivity contribution is 0.102. The molecule has 0 bridgehead atoms. The van der Waals surface area contributed by atoms with E-state index in [0.29, 0.717) is 24.4 Å². The average molecular weight is 362 g/mol. The van der Waals surface area contributed by atoms with Gasteiger partial charge in [0.05, 0.1) is 0 Å². The minimum absolute atomic E-state index is 0.215. The van der Waals surface area contributed by atoms with Gasteiger partial charge in [-0.05, 0) is 49.6 Å². The Morgan fingerprint density at radius 3 is 2.26 bits per heavy atom. The van der Waals surface area contributed by atoms with Crippen LogP contribution in [0.1, 0.15) is 24.2 Å². The maximum atomic E-state index is 12.6. The number of hydrogen-bond acceptors (Lipinski definition) is 3. The van der Waals surface area contributed by atoms with Crippen LogP contribution in [-0.2, 0) is 0 Å². The molecule has 0 unspecified atom stereocenters. The molecule has 0 aromatic heterocycles. The summed E-state index contributed by atoms with van der Waals surface area (Å²) in [5.41, 5.74) is 1.25. The second-order valence-electron chi connectivity index (χ2n) is 6.05. The molecule has 0 spiro atoms. The fourth-order valence-corrected chi connectivity index (χ4v) is 2.85. The average Bonchev–Trinajstić information content (AvgIpc) is 2.70. The van der Waals surface area contributed by atoms with Gasteiger partial charge in [-0.1, -0.05) is 36.4 Å². The molecule has 0 aliphatic carbocycles. The van der Waals surface area contributed by atoms with Gasteiger partial charge in [-0.3, -0.25) is 4.79 Å². The van der Waals surface area contributed by atoms with Crippen LogP contribution >= 0.6 is 0 Å². The van der Waals surface area contributed by atoms with Gasteiger partial charge in [0, 0.05) is 29.7 Å². The minimum atomic E-state index is -0.395. The van der Waals surface area contributed by atoms with Crippen LogP contribution in [-0.4, -0.2) is 30.0 Å². The molecule has 27 heavy (non-hydrogen) atoms. The van der Waals surface area contributed by atoms with E-state index in [0.717, 1.165) is 16.5 Å². The number of benzene rings is 3. The highest BCUT2D eigenvalue weighted by atomic mass is 16.6. The fraction of sp³-hybridized carbons (Fsp3) is 0.182. The number of fused-ring (bicyclic) bond motifs is 1. The van der Waals surface area contributed by atoms with Crippen LogP contribution in [0.4, 0.5) is 10.5 Å². The minimum Gasteiger partial charge on any atom is -0.410 e. The molecular formula is C22H22N2O3. The summed E-state index contributed by atoms with van der Waals surface area (Å²) in [6.07, 6.45) is -0.395. The van der Waals surface area contributed by atoms with E-state index in [1.165, 1.54) is 0 Å². The number of anilines is 1. The zero-order chi connectivity index (χ0) is 19.2. The molecule has 0 saturated heterocycles. The third-order valence-electron chi connectivity index (χ3n) is 4.38. The van der Waals surface area contributed by atoms with Crippen molar-refractivity contribution in [3.63, 3.8) is 0 Å². The molecule has 3 aromatic carbocycles. The van der Waals surface area contributed by atoms with Crippen LogP contribution in [0.3, 0.4) is 0 Å². The monoisotopic (exact) mass is 362 g/mol. The van der Waals surface area contributed by atoms with E-state index in [9.17, 15) is 9.59 Å². The summed E-state index contributed by atoms with van der Waals surface area (Å²) in [7, 11) is 0. The first-order chi connectivity index (χ1) is 13.1. The lowest BCUT2D eigenvalue weighted by Crippen LogP contribution is -2.33. The predicted octanol–water partition coefficient (Wildman–Crippen LogP) is 4.93. The first-order valence-corrected chi connectivity index (χ1v) is 8.98. The van der Waals surface area contributed by atoms with Crippen molar-refractivity contribution in [3.05, 3.63) is 72.3 Å². The standard InChI is InChI=1S/C22H22N2O3/c1-3-24(4-2)22(26)27-18-14-12-17(13-15-18)21(25)23-20-11-7-9-16-8-5-6-10-19(16)20/h5-15H,3-4H2,1-2H3,(H,23,25). The van der Waals surface area contributed by atoms with Gasteiger partial charge < -0.3 is 15.0 Å². The lowest BCUT2D eigenvalue weighted by atomic mass is 10.1. The molecule has 0 atom stereocenters. The zero-order valence-corrected chi connectivity index (χ0v) is 15.4. The summed E-state index contributed by atoms with van der Waals surface area (Å²) in [5.74, 6) is 0.196. The van der Waals surface area contributed by atoms with E-state index in [1.807, 2.05) is 56.3 Å². The number of carbonyl (C=O) groups excluding carboxylic acids is 2. The zero-order valence-electron chi connectivity index (χ0n) is 15.4. The highest BCUT2D eigenvalue weighted by molar-refractivity contribution is 6.09. The van der Waals surface area contributed by atoms with Crippen molar-refractivity contribution in [2.75, 3.05) is 18.4 Å². The number of nitrogens with zero attached hydrogens (tertiary/aromatic N) is 1. The van der Waals surface area contributed by atoms with Crippen molar-refractivity contribution in [2.24, 2.45) is 0 Å². The van der Waals surface area contributed by atoms with Gasteiger partial charge in [0.15, 0.2) is 0 Å². The van der Waals surface area contributed by atoms with E-state index < -0.39 is 6.09 Å². The lowest BCUT2D eigenvalue weighted by Gasteiger charge is -2.17. The van der Waals surface area contributed by atoms with Crippen LogP contribution < -0.4 is 10.1 Å². The number of ether oxygens (including phenoxy) is 1. The Labute approximate surface area is 158 Å². The second kappa shape index (κ2) is 8.36. The molecule has 0 aliphatic heterocycles. The van der Waals surface area contributed by atoms with E-state index in [4.69, 9.17) is 4.74 Å². The van der Waals surface area contributed by atoms with Gasteiger partial charge in [0.2, 0.25) is 0 Å². The number of hydrogen-bond donors (Lipinski definition) is 1. The van der Waals surface area contributed by atoms with Crippen LogP contribution in [0.5, 0.6) is 5.75 Å². The highest BCUT2D eigenvalue weighted by Crippen LogP contribution is 2.24. The number of rotatable bonds is 5. The molecule has 0 saturated carbocycles. The Morgan fingerprint density at radius 1 is 0.889 bits per heavy atom. The topological polar surface area (TPSA) is 58.6 Å². The van der Waals surface area contributed by atoms with E-state index in [2.05, 4.69) is 5.32 Å². The molecule has 3 rings (SSSR count). The number of amides is 2. The molecule has 5 heteroatoms. The maximum Gasteiger partial charge on any atom is 0.415 e. The first kappa shape index (κ1) is 18.5. The Hall–Kier alpha value is -3.34. The SMILES string of the molecule is CCN(CC)C(=O)Oc1ccc(C(=O)Nc2cccc3ccccc23)cc1. The highest BCUT2D eigenvalue weighted by Gasteiger charge is 2.13. The van der Waals surface area contributed by atoms with Crippen molar-refractivity contribution in [2.45, 2.75) is 13.8 Å². The Kier molecular flexibility index (Phi) is 5.71. The summed E-state index contributed by atoms with van der Waals surface area (Å²) in [6, 6.07) is 20.2. The maximum absolute atomic E-state index is 12.6. The van der Waals surface area contributed by atoms with Crippen molar-refractivity contribution in [1.29, 1.82) is 0 Å². The molecule has 2 amide bonds. The third-order valence-corrected chi connectivity index (χ3v) is 4.38. The first-order valence-electron chi connectivity index (χ1n) is 8.98. The molecule has 0 aliphatic rings. The smallest absolute Gasteiger partial charge is 0.410 e. The van der Waals surface area contributed by atoms with Crippen molar-refractivity contribution in [1.82, 2.24) is 4.90 Å². The molecule has 0 fully saturated rings. The van der Waals surface area contributed by atoms with Crippen molar-refractivity contribution in [3.8, 4) is 5.75 Å². The molecule has 138 valence electrons. The largest absolute Gasteiger partial charge is 0.415 e. The van der Waals surface area contributed by atoms with Crippen LogP contribution in [0, 0.1) is 0 Å². The molecule has 0 heterocycles.